The van der Waals surface area contributed by atoms with Crippen LogP contribution in [0.5, 0.6) is 0 Å². The summed E-state index contributed by atoms with van der Waals surface area (Å²) < 4.78 is 16.8. The van der Waals surface area contributed by atoms with Crippen molar-refractivity contribution in [1.82, 2.24) is 0 Å². The van der Waals surface area contributed by atoms with Crippen LogP contribution >= 0.6 is 0 Å². The van der Waals surface area contributed by atoms with Gasteiger partial charge in [-0.05, 0) is 96.3 Å². The van der Waals surface area contributed by atoms with E-state index in [1.54, 1.807) is 0 Å². The van der Waals surface area contributed by atoms with Crippen LogP contribution in [0.2, 0.25) is 0 Å². The SMILES string of the molecule is CCCCCC/C=C\CCCCCCCC(=O)OC(COC(=O)CCCCCCCCC/C=C\CCCCCCCC)COC(=O)CCCCCCCCC/C=C\CCCCCCCC. The van der Waals surface area contributed by atoms with E-state index in [1.807, 2.05) is 0 Å². The van der Waals surface area contributed by atoms with E-state index >= 15 is 0 Å². The zero-order valence-electron chi connectivity index (χ0n) is 43.5. The highest BCUT2D eigenvalue weighted by atomic mass is 16.6. The first-order chi connectivity index (χ1) is 32.0. The molecule has 6 heteroatoms. The zero-order valence-corrected chi connectivity index (χ0v) is 43.5. The van der Waals surface area contributed by atoms with Crippen LogP contribution in [0.25, 0.3) is 0 Å². The Labute approximate surface area is 404 Å². The molecule has 0 fully saturated rings. The van der Waals surface area contributed by atoms with Gasteiger partial charge < -0.3 is 14.2 Å². The van der Waals surface area contributed by atoms with Crippen molar-refractivity contribution in [3.8, 4) is 0 Å². The van der Waals surface area contributed by atoms with E-state index in [9.17, 15) is 14.4 Å². The van der Waals surface area contributed by atoms with Crippen LogP contribution in [0.3, 0.4) is 0 Å². The standard InChI is InChI=1S/C59H108O6/c1-4-7-10-13-16-19-22-25-27-29-31-34-36-39-42-45-48-51-57(60)63-54-56(65-59(62)53-50-47-44-41-38-33-24-21-18-15-12-9-6-3)55-64-58(61)52-49-46-43-40-37-35-32-30-28-26-23-20-17-14-11-8-5-2/h21,24-28,56H,4-20,22-23,29-55H2,1-3H3/b24-21-,27-25-,28-26-. The summed E-state index contributed by atoms with van der Waals surface area (Å²) in [5.41, 5.74) is 0. The summed E-state index contributed by atoms with van der Waals surface area (Å²) in [5.74, 6) is -0.880. The number of carbonyl (C=O) groups excluding carboxylic acids is 3. The Morgan fingerprint density at radius 1 is 0.292 bits per heavy atom. The number of ether oxygens (including phenoxy) is 3. The highest BCUT2D eigenvalue weighted by molar-refractivity contribution is 5.71. The third-order valence-electron chi connectivity index (χ3n) is 12.6. The average molecular weight is 914 g/mol. The van der Waals surface area contributed by atoms with Crippen LogP contribution in [0.15, 0.2) is 36.5 Å². The van der Waals surface area contributed by atoms with E-state index in [1.165, 1.54) is 193 Å². The minimum absolute atomic E-state index is 0.0771. The molecule has 0 saturated heterocycles. The molecule has 0 aromatic rings. The van der Waals surface area contributed by atoms with Gasteiger partial charge in [-0.15, -0.1) is 0 Å². The van der Waals surface area contributed by atoms with Crippen LogP contribution < -0.4 is 0 Å². The molecule has 6 nitrogen and oxygen atoms in total. The van der Waals surface area contributed by atoms with Crippen molar-refractivity contribution in [1.29, 1.82) is 0 Å². The van der Waals surface area contributed by atoms with Crippen molar-refractivity contribution < 1.29 is 28.6 Å². The van der Waals surface area contributed by atoms with Gasteiger partial charge in [-0.2, -0.15) is 0 Å². The van der Waals surface area contributed by atoms with Gasteiger partial charge in [0, 0.05) is 19.3 Å². The van der Waals surface area contributed by atoms with Crippen LogP contribution in [0, 0.1) is 0 Å². The molecule has 0 bridgehead atoms. The number of hydrogen-bond acceptors (Lipinski definition) is 6. The maximum absolute atomic E-state index is 12.8. The molecule has 0 radical (unpaired) electrons. The molecule has 0 aliphatic heterocycles. The molecule has 0 aliphatic rings. The van der Waals surface area contributed by atoms with Gasteiger partial charge in [0.05, 0.1) is 0 Å². The van der Waals surface area contributed by atoms with Crippen molar-refractivity contribution in [2.75, 3.05) is 13.2 Å². The lowest BCUT2D eigenvalue weighted by Crippen LogP contribution is -2.30. The quantitative estimate of drug-likeness (QED) is 0.0262. The summed E-state index contributed by atoms with van der Waals surface area (Å²) in [6.45, 7) is 6.63. The molecule has 0 rings (SSSR count). The van der Waals surface area contributed by atoms with Crippen LogP contribution in [-0.4, -0.2) is 37.2 Å². The van der Waals surface area contributed by atoms with Gasteiger partial charge in [0.2, 0.25) is 0 Å². The fourth-order valence-electron chi connectivity index (χ4n) is 8.25. The van der Waals surface area contributed by atoms with Gasteiger partial charge in [0.1, 0.15) is 13.2 Å². The summed E-state index contributed by atoms with van der Waals surface area (Å²) in [6.07, 6.45) is 64.1. The van der Waals surface area contributed by atoms with Gasteiger partial charge in [-0.1, -0.05) is 224 Å². The lowest BCUT2D eigenvalue weighted by Gasteiger charge is -2.18. The Bertz CT molecular complexity index is 1030. The smallest absolute Gasteiger partial charge is 0.306 e. The maximum Gasteiger partial charge on any atom is 0.306 e. The fraction of sp³-hybridized carbons (Fsp3) is 0.847. The van der Waals surface area contributed by atoms with Crippen molar-refractivity contribution in [3.63, 3.8) is 0 Å². The van der Waals surface area contributed by atoms with Gasteiger partial charge >= 0.3 is 17.9 Å². The minimum atomic E-state index is -0.778. The molecule has 0 aromatic carbocycles. The van der Waals surface area contributed by atoms with E-state index in [-0.39, 0.29) is 31.1 Å². The van der Waals surface area contributed by atoms with Crippen LogP contribution in [0.4, 0.5) is 0 Å². The Kier molecular flexibility index (Phi) is 52.3. The Morgan fingerprint density at radius 2 is 0.508 bits per heavy atom. The summed E-state index contributed by atoms with van der Waals surface area (Å²) in [6, 6.07) is 0. The van der Waals surface area contributed by atoms with Crippen LogP contribution in [-0.2, 0) is 28.6 Å². The predicted molar refractivity (Wildman–Crippen MR) is 279 cm³/mol. The largest absolute Gasteiger partial charge is 0.462 e. The molecule has 0 unspecified atom stereocenters. The molecular weight excluding hydrogens is 805 g/mol. The Morgan fingerprint density at radius 3 is 0.785 bits per heavy atom. The molecule has 380 valence electrons. The maximum atomic E-state index is 12.8. The molecule has 0 aliphatic carbocycles. The molecule has 0 aromatic heterocycles. The highest BCUT2D eigenvalue weighted by Gasteiger charge is 2.19. The number of rotatable bonds is 52. The second-order valence-electron chi connectivity index (χ2n) is 19.2. The lowest BCUT2D eigenvalue weighted by molar-refractivity contribution is -0.167. The van der Waals surface area contributed by atoms with Gasteiger partial charge in [0.25, 0.3) is 0 Å². The fourth-order valence-corrected chi connectivity index (χ4v) is 8.25. The third kappa shape index (κ3) is 52.5. The predicted octanol–water partition coefficient (Wildman–Crippen LogP) is 18.9. The average Bonchev–Trinajstić information content (AvgIpc) is 3.30. The molecule has 0 N–H and O–H groups in total. The van der Waals surface area contributed by atoms with Crippen molar-refractivity contribution in [2.45, 2.75) is 309 Å². The topological polar surface area (TPSA) is 78.9 Å². The first-order valence-corrected chi connectivity index (χ1v) is 28.5. The van der Waals surface area contributed by atoms with E-state index < -0.39 is 6.10 Å². The number of unbranched alkanes of at least 4 members (excludes halogenated alkanes) is 35. The van der Waals surface area contributed by atoms with Gasteiger partial charge in [-0.3, -0.25) is 14.4 Å². The van der Waals surface area contributed by atoms with E-state index in [2.05, 4.69) is 57.2 Å². The molecule has 65 heavy (non-hydrogen) atoms. The summed E-state index contributed by atoms with van der Waals surface area (Å²) >= 11 is 0. The monoisotopic (exact) mass is 913 g/mol. The summed E-state index contributed by atoms with van der Waals surface area (Å²) in [4.78, 5) is 38.1. The number of allylic oxidation sites excluding steroid dienone is 6. The zero-order chi connectivity index (χ0) is 47.2. The Balaban J connectivity index is 4.35. The minimum Gasteiger partial charge on any atom is -0.462 e. The number of hydrogen-bond donors (Lipinski definition) is 0. The molecular formula is C59H108O6. The molecule has 0 amide bonds. The Hall–Kier alpha value is -2.37. The molecule has 0 heterocycles. The van der Waals surface area contributed by atoms with E-state index in [4.69, 9.17) is 14.2 Å². The molecule has 0 spiro atoms. The first-order valence-electron chi connectivity index (χ1n) is 28.5. The second-order valence-corrected chi connectivity index (χ2v) is 19.2. The highest BCUT2D eigenvalue weighted by Crippen LogP contribution is 2.15. The normalized spacial score (nSPS) is 11.8. The summed E-state index contributed by atoms with van der Waals surface area (Å²) in [5, 5.41) is 0. The third-order valence-corrected chi connectivity index (χ3v) is 12.6. The lowest BCUT2D eigenvalue weighted by atomic mass is 10.1. The summed E-state index contributed by atoms with van der Waals surface area (Å²) in [7, 11) is 0. The van der Waals surface area contributed by atoms with E-state index in [0.29, 0.717) is 19.3 Å². The van der Waals surface area contributed by atoms with E-state index in [0.717, 1.165) is 70.6 Å². The van der Waals surface area contributed by atoms with Crippen molar-refractivity contribution >= 4 is 17.9 Å². The molecule has 0 saturated carbocycles. The number of esters is 3. The molecule has 0 atom stereocenters. The first kappa shape index (κ1) is 62.6. The van der Waals surface area contributed by atoms with Crippen molar-refractivity contribution in [3.05, 3.63) is 36.5 Å². The van der Waals surface area contributed by atoms with Gasteiger partial charge in [0.15, 0.2) is 6.10 Å². The van der Waals surface area contributed by atoms with Crippen molar-refractivity contribution in [2.24, 2.45) is 0 Å². The van der Waals surface area contributed by atoms with Crippen LogP contribution in [0.1, 0.15) is 303 Å². The second kappa shape index (κ2) is 54.2. The van der Waals surface area contributed by atoms with Gasteiger partial charge in [-0.25, -0.2) is 0 Å². The number of carbonyl (C=O) groups is 3.